The summed E-state index contributed by atoms with van der Waals surface area (Å²) in [5.74, 6) is -1.65. The SMILES string of the molecule is C=C(C)C(=O)OOC(=O)CC(=O)CC(CC)CC(C)(C)C. The molecule has 120 valence electrons. The first-order chi connectivity index (χ1) is 9.55. The van der Waals surface area contributed by atoms with Crippen molar-refractivity contribution in [2.45, 2.75) is 60.3 Å². The van der Waals surface area contributed by atoms with Crippen molar-refractivity contribution in [1.29, 1.82) is 0 Å². The van der Waals surface area contributed by atoms with Crippen LogP contribution in [0.3, 0.4) is 0 Å². The standard InChI is InChI=1S/C16H26O5/c1-7-12(10-16(4,5)6)8-13(17)9-14(18)20-21-15(19)11(2)3/h12H,2,7-10H2,1,3-6H3. The Morgan fingerprint density at radius 3 is 2.14 bits per heavy atom. The Balaban J connectivity index is 4.20. The molecule has 0 fully saturated rings. The van der Waals surface area contributed by atoms with Gasteiger partial charge in [0.2, 0.25) is 0 Å². The average Bonchev–Trinajstić information content (AvgIpc) is 2.32. The average molecular weight is 298 g/mol. The summed E-state index contributed by atoms with van der Waals surface area (Å²) in [6.07, 6.45) is 1.74. The summed E-state index contributed by atoms with van der Waals surface area (Å²) in [6, 6.07) is 0. The number of hydrogen-bond donors (Lipinski definition) is 0. The van der Waals surface area contributed by atoms with E-state index in [1.807, 2.05) is 6.92 Å². The molecule has 1 unspecified atom stereocenters. The molecule has 21 heavy (non-hydrogen) atoms. The summed E-state index contributed by atoms with van der Waals surface area (Å²) in [5, 5.41) is 0. The lowest BCUT2D eigenvalue weighted by molar-refractivity contribution is -0.255. The van der Waals surface area contributed by atoms with Gasteiger partial charge in [-0.1, -0.05) is 40.7 Å². The van der Waals surface area contributed by atoms with Gasteiger partial charge >= 0.3 is 11.9 Å². The van der Waals surface area contributed by atoms with Gasteiger partial charge < -0.3 is 0 Å². The summed E-state index contributed by atoms with van der Waals surface area (Å²) >= 11 is 0. The second-order valence-electron chi connectivity index (χ2n) is 6.57. The molecular formula is C16H26O5. The first-order valence-corrected chi connectivity index (χ1v) is 7.14. The molecule has 0 N–H and O–H groups in total. The lowest BCUT2D eigenvalue weighted by atomic mass is 9.81. The molecule has 1 atom stereocenters. The van der Waals surface area contributed by atoms with Crippen molar-refractivity contribution in [2.24, 2.45) is 11.3 Å². The topological polar surface area (TPSA) is 69.7 Å². The van der Waals surface area contributed by atoms with Gasteiger partial charge in [-0.3, -0.25) is 4.79 Å². The second-order valence-corrected chi connectivity index (χ2v) is 6.57. The number of carbonyl (C=O) groups is 3. The second kappa shape index (κ2) is 8.60. The number of rotatable bonds is 7. The molecule has 0 amide bonds. The number of ketones is 1. The van der Waals surface area contributed by atoms with Gasteiger partial charge in [0.1, 0.15) is 12.2 Å². The monoisotopic (exact) mass is 298 g/mol. The molecular weight excluding hydrogens is 272 g/mol. The lowest BCUT2D eigenvalue weighted by Crippen LogP contribution is -2.19. The van der Waals surface area contributed by atoms with Crippen molar-refractivity contribution in [3.05, 3.63) is 12.2 Å². The van der Waals surface area contributed by atoms with Gasteiger partial charge in [0, 0.05) is 12.0 Å². The molecule has 0 bridgehead atoms. The van der Waals surface area contributed by atoms with Crippen molar-refractivity contribution >= 4 is 17.7 Å². The van der Waals surface area contributed by atoms with Crippen LogP contribution in [-0.4, -0.2) is 17.7 Å². The van der Waals surface area contributed by atoms with E-state index in [2.05, 4.69) is 37.1 Å². The third-order valence-corrected chi connectivity index (χ3v) is 2.90. The zero-order valence-electron chi connectivity index (χ0n) is 13.7. The highest BCUT2D eigenvalue weighted by atomic mass is 17.2. The van der Waals surface area contributed by atoms with E-state index in [1.165, 1.54) is 6.92 Å². The highest BCUT2D eigenvalue weighted by Crippen LogP contribution is 2.28. The number of hydrogen-bond acceptors (Lipinski definition) is 5. The van der Waals surface area contributed by atoms with Gasteiger partial charge in [-0.2, -0.15) is 0 Å². The van der Waals surface area contributed by atoms with E-state index in [0.717, 1.165) is 12.8 Å². The Kier molecular flexibility index (Phi) is 7.92. The highest BCUT2D eigenvalue weighted by molar-refractivity contribution is 5.96. The quantitative estimate of drug-likeness (QED) is 0.312. The summed E-state index contributed by atoms with van der Waals surface area (Å²) in [4.78, 5) is 42.8. The van der Waals surface area contributed by atoms with Gasteiger partial charge in [0.05, 0.1) is 0 Å². The van der Waals surface area contributed by atoms with E-state index < -0.39 is 11.9 Å². The van der Waals surface area contributed by atoms with Crippen LogP contribution in [0.5, 0.6) is 0 Å². The van der Waals surface area contributed by atoms with Crippen LogP contribution >= 0.6 is 0 Å². The van der Waals surface area contributed by atoms with Crippen LogP contribution in [0.2, 0.25) is 0 Å². The largest absolute Gasteiger partial charge is 0.381 e. The Morgan fingerprint density at radius 1 is 1.14 bits per heavy atom. The third kappa shape index (κ3) is 9.82. The van der Waals surface area contributed by atoms with Gasteiger partial charge in [-0.25, -0.2) is 19.4 Å². The van der Waals surface area contributed by atoms with Crippen molar-refractivity contribution in [2.75, 3.05) is 0 Å². The summed E-state index contributed by atoms with van der Waals surface area (Å²) in [5.41, 5.74) is 0.253. The predicted octanol–water partition coefficient (Wildman–Crippen LogP) is 3.38. The van der Waals surface area contributed by atoms with E-state index in [-0.39, 0.29) is 29.1 Å². The summed E-state index contributed by atoms with van der Waals surface area (Å²) in [6.45, 7) is 13.1. The van der Waals surface area contributed by atoms with Crippen LogP contribution in [0.15, 0.2) is 12.2 Å². The lowest BCUT2D eigenvalue weighted by Gasteiger charge is -2.24. The molecule has 0 aromatic carbocycles. The maximum atomic E-state index is 11.8. The molecule has 5 heteroatoms. The third-order valence-electron chi connectivity index (χ3n) is 2.90. The fraction of sp³-hybridized carbons (Fsp3) is 0.688. The summed E-state index contributed by atoms with van der Waals surface area (Å²) < 4.78 is 0. The van der Waals surface area contributed by atoms with E-state index in [4.69, 9.17) is 0 Å². The van der Waals surface area contributed by atoms with Gasteiger partial charge in [0.15, 0.2) is 0 Å². The van der Waals surface area contributed by atoms with Gasteiger partial charge in [0.25, 0.3) is 0 Å². The normalized spacial score (nSPS) is 12.4. The molecule has 0 saturated carbocycles. The van der Waals surface area contributed by atoms with Crippen LogP contribution in [0, 0.1) is 11.3 Å². The minimum Gasteiger partial charge on any atom is -0.299 e. The highest BCUT2D eigenvalue weighted by Gasteiger charge is 2.22. The van der Waals surface area contributed by atoms with E-state index in [1.54, 1.807) is 0 Å². The van der Waals surface area contributed by atoms with Crippen molar-refractivity contribution in [3.8, 4) is 0 Å². The Morgan fingerprint density at radius 2 is 1.71 bits per heavy atom. The van der Waals surface area contributed by atoms with Crippen LogP contribution in [0.25, 0.3) is 0 Å². The van der Waals surface area contributed by atoms with Crippen molar-refractivity contribution in [3.63, 3.8) is 0 Å². The van der Waals surface area contributed by atoms with E-state index in [9.17, 15) is 14.4 Å². The zero-order chi connectivity index (χ0) is 16.6. The number of Topliss-reactive ketones (excluding diaryl/α,β-unsaturated/α-hetero) is 1. The minimum atomic E-state index is -0.861. The number of carbonyl (C=O) groups excluding carboxylic acids is 3. The first kappa shape index (κ1) is 19.4. The Hall–Kier alpha value is -1.65. The molecule has 0 rings (SSSR count). The van der Waals surface area contributed by atoms with Crippen LogP contribution in [0.4, 0.5) is 0 Å². The molecule has 0 aliphatic rings. The van der Waals surface area contributed by atoms with Crippen molar-refractivity contribution in [1.82, 2.24) is 0 Å². The van der Waals surface area contributed by atoms with Crippen LogP contribution in [-0.2, 0) is 24.2 Å². The van der Waals surface area contributed by atoms with Crippen molar-refractivity contribution < 1.29 is 24.2 Å². The fourth-order valence-corrected chi connectivity index (χ4v) is 1.97. The van der Waals surface area contributed by atoms with Gasteiger partial charge in [-0.05, 0) is 24.7 Å². The minimum absolute atomic E-state index is 0.116. The molecule has 0 spiro atoms. The Bertz CT molecular complexity index is 403. The van der Waals surface area contributed by atoms with E-state index >= 15 is 0 Å². The predicted molar refractivity (Wildman–Crippen MR) is 79.1 cm³/mol. The Labute approximate surface area is 126 Å². The zero-order valence-corrected chi connectivity index (χ0v) is 13.7. The molecule has 5 nitrogen and oxygen atoms in total. The maximum absolute atomic E-state index is 11.8. The first-order valence-electron chi connectivity index (χ1n) is 7.14. The van der Waals surface area contributed by atoms with E-state index in [0.29, 0.717) is 6.42 Å². The molecule has 0 aliphatic carbocycles. The van der Waals surface area contributed by atoms with Crippen LogP contribution < -0.4 is 0 Å². The smallest absolute Gasteiger partial charge is 0.299 e. The van der Waals surface area contributed by atoms with Crippen LogP contribution in [0.1, 0.15) is 60.3 Å². The molecule has 0 radical (unpaired) electrons. The molecule has 0 aromatic rings. The maximum Gasteiger partial charge on any atom is 0.381 e. The fourth-order valence-electron chi connectivity index (χ4n) is 1.97. The molecule has 0 heterocycles. The molecule has 0 saturated heterocycles. The molecule has 0 aliphatic heterocycles. The van der Waals surface area contributed by atoms with Gasteiger partial charge in [-0.15, -0.1) is 0 Å². The summed E-state index contributed by atoms with van der Waals surface area (Å²) in [7, 11) is 0. The molecule has 0 aromatic heterocycles.